The van der Waals surface area contributed by atoms with Crippen LogP contribution in [-0.2, 0) is 9.16 Å². The van der Waals surface area contributed by atoms with Crippen molar-refractivity contribution in [1.82, 2.24) is 14.5 Å². The van der Waals surface area contributed by atoms with E-state index >= 15 is 4.39 Å². The predicted octanol–water partition coefficient (Wildman–Crippen LogP) is 3.72. The van der Waals surface area contributed by atoms with Gasteiger partial charge in [-0.1, -0.05) is 20.8 Å². The van der Waals surface area contributed by atoms with Crippen molar-refractivity contribution >= 4 is 25.2 Å². The quantitative estimate of drug-likeness (QED) is 0.727. The number of aliphatic hydroxyl groups is 1. The van der Waals surface area contributed by atoms with Crippen LogP contribution < -0.4 is 5.73 Å². The van der Waals surface area contributed by atoms with Crippen molar-refractivity contribution in [2.45, 2.75) is 89.9 Å². The Balaban J connectivity index is 2.08. The zero-order valence-corrected chi connectivity index (χ0v) is 19.5. The van der Waals surface area contributed by atoms with Gasteiger partial charge in [-0.2, -0.15) is 0 Å². The molecule has 0 saturated carbocycles. The molecule has 0 aliphatic carbocycles. The third kappa shape index (κ3) is 3.58. The van der Waals surface area contributed by atoms with Crippen LogP contribution in [0.4, 0.5) is 10.2 Å². The summed E-state index contributed by atoms with van der Waals surface area (Å²) < 4.78 is 30.5. The van der Waals surface area contributed by atoms with Crippen molar-refractivity contribution in [3.8, 4) is 0 Å². The molecule has 5 atom stereocenters. The van der Waals surface area contributed by atoms with Gasteiger partial charge in [0.05, 0.1) is 11.5 Å². The largest absolute Gasteiger partial charge is 0.408 e. The zero-order valence-electron chi connectivity index (χ0n) is 18.5. The SMILES string of the molecule is Cc1cn([C@@H]2O[C@H](C(C)O)[C@@H](O[Si](C)(C)C(C)(C)C)[C@@]2(C)F)c2ncnc(N)c12. The Bertz CT molecular complexity index is 907. The minimum absolute atomic E-state index is 0.108. The van der Waals surface area contributed by atoms with Gasteiger partial charge in [0.25, 0.3) is 0 Å². The van der Waals surface area contributed by atoms with Crippen molar-refractivity contribution in [2.24, 2.45) is 0 Å². The predicted molar refractivity (Wildman–Crippen MR) is 114 cm³/mol. The maximum absolute atomic E-state index is 16.4. The molecule has 1 saturated heterocycles. The topological polar surface area (TPSA) is 95.4 Å². The van der Waals surface area contributed by atoms with E-state index in [0.29, 0.717) is 16.9 Å². The molecule has 1 fully saturated rings. The Hall–Kier alpha value is -1.55. The number of aryl methyl sites for hydroxylation is 1. The van der Waals surface area contributed by atoms with Crippen molar-refractivity contribution in [3.63, 3.8) is 0 Å². The third-order valence-corrected chi connectivity index (χ3v) is 10.9. The maximum Gasteiger partial charge on any atom is 0.192 e. The van der Waals surface area contributed by atoms with E-state index < -0.39 is 38.5 Å². The monoisotopic (exact) mass is 424 g/mol. The molecular formula is C20H33FN4O3Si. The number of alkyl halides is 1. The van der Waals surface area contributed by atoms with E-state index in [9.17, 15) is 5.11 Å². The van der Waals surface area contributed by atoms with E-state index in [2.05, 4.69) is 43.8 Å². The minimum Gasteiger partial charge on any atom is -0.408 e. The number of nitrogens with two attached hydrogens (primary N) is 1. The van der Waals surface area contributed by atoms with Crippen LogP contribution in [0.3, 0.4) is 0 Å². The molecule has 162 valence electrons. The molecule has 0 bridgehead atoms. The fraction of sp³-hybridized carbons (Fsp3) is 0.700. The van der Waals surface area contributed by atoms with Crippen molar-refractivity contribution in [1.29, 1.82) is 0 Å². The highest BCUT2D eigenvalue weighted by Gasteiger charge is 2.60. The molecule has 3 rings (SSSR count). The highest BCUT2D eigenvalue weighted by Crippen LogP contribution is 2.48. The minimum atomic E-state index is -2.32. The highest BCUT2D eigenvalue weighted by atomic mass is 28.4. The molecule has 1 unspecified atom stereocenters. The lowest BCUT2D eigenvalue weighted by Gasteiger charge is -2.41. The first kappa shape index (κ1) is 22.1. The molecule has 0 spiro atoms. The summed E-state index contributed by atoms with van der Waals surface area (Å²) >= 11 is 0. The summed E-state index contributed by atoms with van der Waals surface area (Å²) in [6.45, 7) is 15.4. The first-order chi connectivity index (χ1) is 13.2. The second-order valence-corrected chi connectivity index (χ2v) is 14.6. The van der Waals surface area contributed by atoms with Crippen LogP contribution in [0.25, 0.3) is 11.0 Å². The van der Waals surface area contributed by atoms with Crippen LogP contribution in [-0.4, -0.2) is 51.9 Å². The van der Waals surface area contributed by atoms with Crippen LogP contribution in [0.15, 0.2) is 12.5 Å². The van der Waals surface area contributed by atoms with E-state index in [0.717, 1.165) is 5.56 Å². The molecule has 1 aliphatic heterocycles. The average Bonchev–Trinajstić information content (AvgIpc) is 3.02. The summed E-state index contributed by atoms with van der Waals surface area (Å²) in [6.07, 6.45) is -0.499. The van der Waals surface area contributed by atoms with Gasteiger partial charge >= 0.3 is 0 Å². The number of anilines is 1. The van der Waals surface area contributed by atoms with E-state index in [1.165, 1.54) is 13.3 Å². The number of hydrogen-bond acceptors (Lipinski definition) is 6. The Morgan fingerprint density at radius 3 is 2.55 bits per heavy atom. The lowest BCUT2D eigenvalue weighted by Crippen LogP contribution is -2.53. The Kier molecular flexibility index (Phi) is 5.35. The number of nitrogen functional groups attached to an aromatic ring is 1. The summed E-state index contributed by atoms with van der Waals surface area (Å²) in [6, 6.07) is 0. The van der Waals surface area contributed by atoms with Gasteiger partial charge in [-0.3, -0.25) is 0 Å². The van der Waals surface area contributed by atoms with Crippen molar-refractivity contribution < 1.29 is 18.7 Å². The smallest absolute Gasteiger partial charge is 0.192 e. The normalized spacial score (nSPS) is 29.5. The van der Waals surface area contributed by atoms with Gasteiger partial charge in [-0.25, -0.2) is 14.4 Å². The number of fused-ring (bicyclic) bond motifs is 1. The summed E-state index contributed by atoms with van der Waals surface area (Å²) in [4.78, 5) is 8.35. The van der Waals surface area contributed by atoms with E-state index in [1.807, 2.05) is 6.92 Å². The molecule has 1 aliphatic rings. The number of aliphatic hydroxyl groups excluding tert-OH is 1. The van der Waals surface area contributed by atoms with Crippen LogP contribution in [0.5, 0.6) is 0 Å². The third-order valence-electron chi connectivity index (χ3n) is 6.41. The van der Waals surface area contributed by atoms with Gasteiger partial charge in [-0.15, -0.1) is 0 Å². The first-order valence-corrected chi connectivity index (χ1v) is 12.9. The number of halogens is 1. The lowest BCUT2D eigenvalue weighted by molar-refractivity contribution is -0.0786. The van der Waals surface area contributed by atoms with Crippen molar-refractivity contribution in [2.75, 3.05) is 5.73 Å². The molecule has 0 radical (unpaired) electrons. The number of aromatic nitrogens is 3. The fourth-order valence-electron chi connectivity index (χ4n) is 3.67. The van der Waals surface area contributed by atoms with Crippen molar-refractivity contribution in [3.05, 3.63) is 18.1 Å². The van der Waals surface area contributed by atoms with Gasteiger partial charge in [0.15, 0.2) is 20.2 Å². The number of hydrogen-bond donors (Lipinski definition) is 2. The molecule has 0 aromatic carbocycles. The Labute approximate surface area is 172 Å². The molecule has 3 heterocycles. The van der Waals surface area contributed by atoms with Gasteiger partial charge in [0, 0.05) is 6.20 Å². The average molecular weight is 425 g/mol. The summed E-state index contributed by atoms with van der Waals surface area (Å²) in [5.41, 5.74) is 5.45. The maximum atomic E-state index is 16.4. The Morgan fingerprint density at radius 2 is 2.00 bits per heavy atom. The second-order valence-electron chi connectivity index (χ2n) is 9.82. The molecule has 29 heavy (non-hydrogen) atoms. The zero-order chi connectivity index (χ0) is 21.9. The first-order valence-electron chi connectivity index (χ1n) is 9.96. The van der Waals surface area contributed by atoms with Gasteiger partial charge in [0.1, 0.15) is 30.0 Å². The van der Waals surface area contributed by atoms with Crippen LogP contribution in [0, 0.1) is 6.92 Å². The van der Waals surface area contributed by atoms with E-state index in [-0.39, 0.29) is 5.04 Å². The Morgan fingerprint density at radius 1 is 1.38 bits per heavy atom. The van der Waals surface area contributed by atoms with E-state index in [1.54, 1.807) is 17.7 Å². The highest BCUT2D eigenvalue weighted by molar-refractivity contribution is 6.74. The van der Waals surface area contributed by atoms with Gasteiger partial charge < -0.3 is 24.6 Å². The second kappa shape index (κ2) is 7.00. The lowest BCUT2D eigenvalue weighted by atomic mass is 9.96. The molecule has 2 aromatic heterocycles. The number of nitrogens with zero attached hydrogens (tertiary/aromatic N) is 3. The molecule has 3 N–H and O–H groups in total. The van der Waals surface area contributed by atoms with Gasteiger partial charge in [0.2, 0.25) is 0 Å². The summed E-state index contributed by atoms with van der Waals surface area (Å²) in [5, 5.41) is 10.9. The summed E-state index contributed by atoms with van der Waals surface area (Å²) in [5.74, 6) is 0.339. The molecule has 7 nitrogen and oxygen atoms in total. The standard InChI is InChI=1S/C20H33FN4O3Si/c1-11-9-25(17-13(11)16(22)23-10-24-17)18-20(6,21)15(14(27-18)12(2)26)28-29(7,8)19(3,4)5/h9-10,12,14-15,18,26H,1-8H3,(H2,22,23,24)/t12?,14-,15-,18-,20-/m1/s1. The summed E-state index contributed by atoms with van der Waals surface area (Å²) in [7, 11) is -2.32. The fourth-order valence-corrected chi connectivity index (χ4v) is 5.03. The molecule has 9 heteroatoms. The van der Waals surface area contributed by atoms with Crippen LogP contribution in [0.1, 0.15) is 46.4 Å². The van der Waals surface area contributed by atoms with E-state index in [4.69, 9.17) is 14.9 Å². The molecule has 0 amide bonds. The molecular weight excluding hydrogens is 391 g/mol. The number of ether oxygens (including phenoxy) is 1. The number of rotatable bonds is 4. The van der Waals surface area contributed by atoms with Gasteiger partial charge in [-0.05, 0) is 44.5 Å². The molecule has 2 aromatic rings. The van der Waals surface area contributed by atoms with Crippen LogP contribution >= 0.6 is 0 Å². The van der Waals surface area contributed by atoms with Crippen LogP contribution in [0.2, 0.25) is 18.1 Å².